The highest BCUT2D eigenvalue weighted by Gasteiger charge is 2.52. The van der Waals surface area contributed by atoms with Crippen LogP contribution in [0, 0.1) is 5.92 Å². The minimum atomic E-state index is 0.285. The van der Waals surface area contributed by atoms with Crippen molar-refractivity contribution >= 4 is 5.78 Å². The maximum Gasteiger partial charge on any atom is 0.163 e. The fourth-order valence-corrected chi connectivity index (χ4v) is 5.08. The second-order valence-electron chi connectivity index (χ2n) is 7.33. The second kappa shape index (κ2) is 4.56. The molecule has 3 aliphatic carbocycles. The summed E-state index contributed by atoms with van der Waals surface area (Å²) in [5, 5.41) is 0. The molecule has 1 aromatic rings. The van der Waals surface area contributed by atoms with Gasteiger partial charge in [0.1, 0.15) is 0 Å². The predicted molar refractivity (Wildman–Crippen MR) is 85.8 cm³/mol. The van der Waals surface area contributed by atoms with Gasteiger partial charge in [0, 0.05) is 17.4 Å². The molecule has 0 aromatic heterocycles. The summed E-state index contributed by atoms with van der Waals surface area (Å²) in [6, 6.07) is 6.47. The molecule has 4 rings (SSSR count). The summed E-state index contributed by atoms with van der Waals surface area (Å²) in [7, 11) is 0. The molecule has 2 bridgehead atoms. The van der Waals surface area contributed by atoms with Crippen molar-refractivity contribution in [2.45, 2.75) is 63.7 Å². The minimum absolute atomic E-state index is 0.285. The van der Waals surface area contributed by atoms with Crippen LogP contribution in [0.4, 0.5) is 0 Å². The van der Waals surface area contributed by atoms with E-state index >= 15 is 0 Å². The van der Waals surface area contributed by atoms with E-state index in [-0.39, 0.29) is 5.41 Å². The van der Waals surface area contributed by atoms with E-state index in [1.807, 2.05) is 0 Å². The Hall–Kier alpha value is -1.37. The van der Waals surface area contributed by atoms with Crippen LogP contribution in [-0.4, -0.2) is 5.78 Å². The Bertz CT molecular complexity index is 639. The summed E-state index contributed by atoms with van der Waals surface area (Å²) >= 11 is 0. The molecule has 1 aromatic carbocycles. The highest BCUT2D eigenvalue weighted by Crippen LogP contribution is 2.59. The number of hydrogen-bond donors (Lipinski definition) is 0. The molecular weight excluding hydrogens is 256 g/mol. The highest BCUT2D eigenvalue weighted by molar-refractivity contribution is 5.99. The van der Waals surface area contributed by atoms with Gasteiger partial charge < -0.3 is 0 Å². The van der Waals surface area contributed by atoms with Gasteiger partial charge in [0.15, 0.2) is 5.78 Å². The van der Waals surface area contributed by atoms with Crippen LogP contribution in [0.1, 0.15) is 79.8 Å². The van der Waals surface area contributed by atoms with Gasteiger partial charge in [0.05, 0.1) is 0 Å². The van der Waals surface area contributed by atoms with Crippen molar-refractivity contribution in [3.63, 3.8) is 0 Å². The van der Waals surface area contributed by atoms with Crippen LogP contribution in [0.15, 0.2) is 29.8 Å². The number of allylic oxidation sites excluding steroid dienone is 2. The third-order valence-corrected chi connectivity index (χ3v) is 6.36. The van der Waals surface area contributed by atoms with E-state index in [0.717, 1.165) is 30.7 Å². The zero-order valence-electron chi connectivity index (χ0n) is 13.1. The molecule has 1 spiro atoms. The lowest BCUT2D eigenvalue weighted by Crippen LogP contribution is -2.38. The van der Waals surface area contributed by atoms with Crippen LogP contribution >= 0.6 is 0 Å². The van der Waals surface area contributed by atoms with Crippen LogP contribution in [0.5, 0.6) is 0 Å². The normalized spacial score (nSPS) is 31.4. The van der Waals surface area contributed by atoms with E-state index in [1.165, 1.54) is 30.4 Å². The van der Waals surface area contributed by atoms with E-state index in [1.54, 1.807) is 5.57 Å². The summed E-state index contributed by atoms with van der Waals surface area (Å²) in [5.41, 5.74) is 5.89. The number of carbonyl (C=O) groups is 1. The van der Waals surface area contributed by atoms with Crippen molar-refractivity contribution in [1.82, 2.24) is 0 Å². The smallest absolute Gasteiger partial charge is 0.163 e. The lowest BCUT2D eigenvalue weighted by Gasteiger charge is -2.43. The molecule has 0 saturated heterocycles. The third kappa shape index (κ3) is 1.73. The maximum absolute atomic E-state index is 12.5. The highest BCUT2D eigenvalue weighted by atomic mass is 16.1. The van der Waals surface area contributed by atoms with Gasteiger partial charge in [-0.05, 0) is 55.1 Å². The Labute approximate surface area is 127 Å². The number of hydrogen-bond acceptors (Lipinski definition) is 1. The van der Waals surface area contributed by atoms with Crippen LogP contribution in [-0.2, 0) is 5.41 Å². The molecule has 3 unspecified atom stereocenters. The zero-order chi connectivity index (χ0) is 14.6. The van der Waals surface area contributed by atoms with Gasteiger partial charge in [0.25, 0.3) is 0 Å². The lowest BCUT2D eigenvalue weighted by molar-refractivity contribution is 0.0938. The van der Waals surface area contributed by atoms with Gasteiger partial charge >= 0.3 is 0 Å². The maximum atomic E-state index is 12.5. The summed E-state index contributed by atoms with van der Waals surface area (Å²) < 4.78 is 0. The van der Waals surface area contributed by atoms with Crippen molar-refractivity contribution in [2.24, 2.45) is 5.92 Å². The zero-order valence-corrected chi connectivity index (χ0v) is 13.1. The van der Waals surface area contributed by atoms with Gasteiger partial charge in [0.2, 0.25) is 0 Å². The van der Waals surface area contributed by atoms with E-state index in [4.69, 9.17) is 0 Å². The molecule has 21 heavy (non-hydrogen) atoms. The summed E-state index contributed by atoms with van der Waals surface area (Å²) in [6.45, 7) is 4.57. The van der Waals surface area contributed by atoms with Crippen molar-refractivity contribution in [2.75, 3.05) is 0 Å². The average molecular weight is 280 g/mol. The first kappa shape index (κ1) is 13.3. The molecule has 1 nitrogen and oxygen atoms in total. The number of rotatable bonds is 2. The molecule has 1 heteroatoms. The van der Waals surface area contributed by atoms with E-state index < -0.39 is 0 Å². The molecule has 0 amide bonds. The van der Waals surface area contributed by atoms with Gasteiger partial charge in [-0.25, -0.2) is 0 Å². The first-order chi connectivity index (χ1) is 10.2. The Balaban J connectivity index is 1.94. The summed E-state index contributed by atoms with van der Waals surface area (Å²) in [6.07, 6.45) is 9.16. The lowest BCUT2D eigenvalue weighted by atomic mass is 9.60. The molecule has 0 radical (unpaired) electrons. The van der Waals surface area contributed by atoms with Crippen molar-refractivity contribution in [1.29, 1.82) is 0 Å². The molecular formula is C20H24O. The predicted octanol–water partition coefficient (Wildman–Crippen LogP) is 5.15. The quantitative estimate of drug-likeness (QED) is 0.684. The molecule has 1 fully saturated rings. The van der Waals surface area contributed by atoms with Gasteiger partial charge in [-0.1, -0.05) is 43.7 Å². The summed E-state index contributed by atoms with van der Waals surface area (Å²) in [5.74, 6) is 1.68. The molecule has 0 aliphatic heterocycles. The number of benzene rings is 1. The van der Waals surface area contributed by atoms with Crippen LogP contribution in [0.25, 0.3) is 0 Å². The topological polar surface area (TPSA) is 17.1 Å². The molecule has 1 saturated carbocycles. The van der Waals surface area contributed by atoms with E-state index in [9.17, 15) is 4.79 Å². The van der Waals surface area contributed by atoms with Crippen LogP contribution < -0.4 is 0 Å². The fourth-order valence-electron chi connectivity index (χ4n) is 5.08. The first-order valence-electron chi connectivity index (χ1n) is 8.50. The van der Waals surface area contributed by atoms with Crippen LogP contribution in [0.3, 0.4) is 0 Å². The fraction of sp³-hybridized carbons (Fsp3) is 0.550. The number of fused-ring (bicyclic) bond motifs is 5. The monoisotopic (exact) mass is 280 g/mol. The van der Waals surface area contributed by atoms with E-state index in [2.05, 4.69) is 38.1 Å². The standard InChI is InChI=1S/C20H24O/c1-3-13(2)16-5-4-6-17-18(21)9-10-20(19(16)17)12-14-7-8-15(20)11-14/h4-7,13,15H,3,8-12H2,1-2H3. The Morgan fingerprint density at radius 3 is 2.90 bits per heavy atom. The Morgan fingerprint density at radius 2 is 2.24 bits per heavy atom. The number of Topliss-reactive ketones (excluding diaryl/α,β-unsaturated/α-hetero) is 1. The first-order valence-corrected chi connectivity index (χ1v) is 8.50. The minimum Gasteiger partial charge on any atom is -0.294 e. The van der Waals surface area contributed by atoms with E-state index in [0.29, 0.717) is 11.7 Å². The summed E-state index contributed by atoms with van der Waals surface area (Å²) in [4.78, 5) is 12.5. The molecule has 110 valence electrons. The van der Waals surface area contributed by atoms with Crippen LogP contribution in [0.2, 0.25) is 0 Å². The van der Waals surface area contributed by atoms with Crippen molar-refractivity contribution < 1.29 is 4.79 Å². The average Bonchev–Trinajstić information content (AvgIpc) is 3.11. The van der Waals surface area contributed by atoms with Gasteiger partial charge in [-0.3, -0.25) is 4.79 Å². The third-order valence-electron chi connectivity index (χ3n) is 6.36. The Kier molecular flexibility index (Phi) is 2.89. The Morgan fingerprint density at radius 1 is 1.38 bits per heavy atom. The second-order valence-corrected chi connectivity index (χ2v) is 7.33. The SMILES string of the molecule is CCC(C)c1cccc2c1C1(CCC2=O)CC2=CCC1C2. The molecule has 3 aliphatic rings. The number of ketones is 1. The molecule has 0 heterocycles. The van der Waals surface area contributed by atoms with Crippen molar-refractivity contribution in [3.8, 4) is 0 Å². The molecule has 3 atom stereocenters. The van der Waals surface area contributed by atoms with Crippen molar-refractivity contribution in [3.05, 3.63) is 46.5 Å². The largest absolute Gasteiger partial charge is 0.294 e. The molecule has 0 N–H and O–H groups in total. The van der Waals surface area contributed by atoms with Gasteiger partial charge in [-0.15, -0.1) is 0 Å². The van der Waals surface area contributed by atoms with Gasteiger partial charge in [-0.2, -0.15) is 0 Å². The number of carbonyl (C=O) groups excluding carboxylic acids is 1.